The third-order valence-electron chi connectivity index (χ3n) is 7.19. The molecule has 5 heteroatoms. The first-order valence-electron chi connectivity index (χ1n) is 8.42. The van der Waals surface area contributed by atoms with Crippen LogP contribution < -0.4 is 0 Å². The van der Waals surface area contributed by atoms with E-state index in [1.807, 2.05) is 21.1 Å². The maximum atomic E-state index is 6.70. The normalized spacial score (nSPS) is 24.4. The summed E-state index contributed by atoms with van der Waals surface area (Å²) in [5.74, 6) is 0. The minimum absolute atomic E-state index is 0.119. The summed E-state index contributed by atoms with van der Waals surface area (Å²) in [5.41, 5.74) is 3.88. The van der Waals surface area contributed by atoms with Gasteiger partial charge in [0.15, 0.2) is 0 Å². The average Bonchev–Trinajstić information content (AvgIpc) is 3.18. The van der Waals surface area contributed by atoms with Crippen molar-refractivity contribution in [3.05, 3.63) is 60.9 Å². The Morgan fingerprint density at radius 1 is 1.21 bits per heavy atom. The van der Waals surface area contributed by atoms with E-state index in [1.54, 1.807) is 0 Å². The number of benzene rings is 1. The van der Waals surface area contributed by atoms with Crippen molar-refractivity contribution in [3.63, 3.8) is 0 Å². The molecule has 0 saturated heterocycles. The van der Waals surface area contributed by atoms with Crippen LogP contribution in [0.15, 0.2) is 49.8 Å². The van der Waals surface area contributed by atoms with E-state index in [9.17, 15) is 0 Å². The zero-order valence-corrected chi connectivity index (χ0v) is 20.7. The van der Waals surface area contributed by atoms with Crippen LogP contribution in [0.1, 0.15) is 28.1 Å². The van der Waals surface area contributed by atoms with Crippen LogP contribution in [0.3, 0.4) is 0 Å². The Morgan fingerprint density at radius 2 is 1.88 bits per heavy atom. The fourth-order valence-electron chi connectivity index (χ4n) is 5.03. The number of fused-ring (bicyclic) bond motifs is 1. The first-order chi connectivity index (χ1) is 11.0. The quantitative estimate of drug-likeness (QED) is 0.539. The summed E-state index contributed by atoms with van der Waals surface area (Å²) in [4.78, 5) is 0. The van der Waals surface area contributed by atoms with Crippen LogP contribution in [-0.4, -0.2) is 21.1 Å². The van der Waals surface area contributed by atoms with Crippen LogP contribution in [-0.2, 0) is 20.9 Å². The molecule has 24 heavy (non-hydrogen) atoms. The molecule has 130 valence electrons. The molecule has 1 unspecified atom stereocenters. The molecule has 0 spiro atoms. The van der Waals surface area contributed by atoms with Crippen LogP contribution in [0.25, 0.3) is 6.08 Å². The van der Waals surface area contributed by atoms with Crippen molar-refractivity contribution in [2.45, 2.75) is 26.2 Å². The van der Waals surface area contributed by atoms with Gasteiger partial charge in [0.1, 0.15) is 0 Å². The second-order valence-electron chi connectivity index (χ2n) is 9.23. The molecule has 0 amide bonds. The summed E-state index contributed by atoms with van der Waals surface area (Å²) in [6, 6.07) is 6.44. The Morgan fingerprint density at radius 3 is 2.42 bits per heavy atom. The fourth-order valence-corrected chi connectivity index (χ4v) is 26.7. The SMILES string of the molecule is C[O][Zr]([CH3])([CH3])(=[SiH2])([O]C)([C]1=CC=CC1)[CH]1C(C)=Cc2c(Br)cccc21. The Bertz CT molecular complexity index is 963. The number of allylic oxidation sites excluding steroid dienone is 5. The van der Waals surface area contributed by atoms with Crippen LogP contribution >= 0.6 is 15.9 Å². The molecule has 2 nitrogen and oxygen atoms in total. The van der Waals surface area contributed by atoms with Gasteiger partial charge in [-0.25, -0.2) is 0 Å². The van der Waals surface area contributed by atoms with Gasteiger partial charge in [-0.15, -0.1) is 0 Å². The van der Waals surface area contributed by atoms with Gasteiger partial charge in [0.25, 0.3) is 0 Å². The zero-order valence-electron chi connectivity index (χ0n) is 15.2. The van der Waals surface area contributed by atoms with E-state index in [2.05, 4.69) is 74.6 Å². The monoisotopic (exact) mass is 484 g/mol. The second kappa shape index (κ2) is 4.61. The van der Waals surface area contributed by atoms with E-state index in [1.165, 1.54) is 20.0 Å². The molecular weight excluding hydrogens is 459 g/mol. The summed E-state index contributed by atoms with van der Waals surface area (Å²) in [6.45, 7) is 4.22. The molecule has 3 rings (SSSR count). The molecule has 0 bridgehead atoms. The molecule has 2 aliphatic carbocycles. The van der Waals surface area contributed by atoms with E-state index < -0.39 is 15.3 Å². The number of halogens is 1. The van der Waals surface area contributed by atoms with E-state index in [0.717, 1.165) is 10.9 Å². The number of hydrogen-bond donors (Lipinski definition) is 0. The Balaban J connectivity index is 2.48. The van der Waals surface area contributed by atoms with Gasteiger partial charge in [-0.2, -0.15) is 0 Å². The molecule has 0 N–H and O–H groups in total. The van der Waals surface area contributed by atoms with Crippen LogP contribution in [0.4, 0.5) is 0 Å². The van der Waals surface area contributed by atoms with Crippen molar-refractivity contribution in [2.75, 3.05) is 14.2 Å². The molecule has 0 radical (unpaired) electrons. The third-order valence-corrected chi connectivity index (χ3v) is 39.8. The predicted octanol–water partition coefficient (Wildman–Crippen LogP) is 5.28. The summed E-state index contributed by atoms with van der Waals surface area (Å²) in [7, 11) is 3.70. The van der Waals surface area contributed by atoms with Gasteiger partial charge in [-0.05, 0) is 0 Å². The topological polar surface area (TPSA) is 18.5 Å². The van der Waals surface area contributed by atoms with Crippen molar-refractivity contribution in [1.82, 2.24) is 0 Å². The van der Waals surface area contributed by atoms with Crippen LogP contribution in [0.5, 0.6) is 0 Å². The average molecular weight is 487 g/mol. The molecule has 0 heterocycles. The Kier molecular flexibility index (Phi) is 3.60. The summed E-state index contributed by atoms with van der Waals surface area (Å²) in [6.07, 6.45) is 9.75. The molecule has 1 aromatic rings. The van der Waals surface area contributed by atoms with Crippen molar-refractivity contribution < 1.29 is 20.9 Å². The van der Waals surface area contributed by atoms with Gasteiger partial charge >= 0.3 is 151 Å². The van der Waals surface area contributed by atoms with Crippen molar-refractivity contribution >= 4 is 28.9 Å². The van der Waals surface area contributed by atoms with Crippen molar-refractivity contribution in [2.24, 2.45) is 0 Å². The van der Waals surface area contributed by atoms with E-state index in [4.69, 9.17) is 5.63 Å². The van der Waals surface area contributed by atoms with Crippen molar-refractivity contribution in [1.29, 1.82) is 0 Å². The fraction of sp³-hybridized carbons (Fsp3) is 0.368. The predicted molar refractivity (Wildman–Crippen MR) is 107 cm³/mol. The Labute approximate surface area is 150 Å². The van der Waals surface area contributed by atoms with Gasteiger partial charge in [0.2, 0.25) is 0 Å². The second-order valence-corrected chi connectivity index (χ2v) is 53.2. The molecule has 0 saturated carbocycles. The first-order valence-corrected chi connectivity index (χ1v) is 24.7. The van der Waals surface area contributed by atoms with Gasteiger partial charge in [0.05, 0.1) is 0 Å². The number of hydrogen-bond acceptors (Lipinski definition) is 2. The molecule has 0 aliphatic heterocycles. The molecule has 0 aromatic heterocycles. The molecule has 1 aromatic carbocycles. The maximum absolute atomic E-state index is 6.70. The van der Waals surface area contributed by atoms with Crippen LogP contribution in [0, 0.1) is 0 Å². The standard InChI is InChI=1S/C10H8Br.C5H5.2CH3O.2CH3.H2Si.Zr/c1-7-5-8-3-2-4-10(11)9(8)6-7;1-2-4-5-3-1;2*1-2;;;;/h2-6H,1H3;1-3H,4H2;2*1H3;2*1H3;1H2;/q;;2*-1;;;;+2. The van der Waals surface area contributed by atoms with E-state index in [0.29, 0.717) is 0 Å². The zero-order chi connectivity index (χ0) is 17.9. The van der Waals surface area contributed by atoms with E-state index in [-0.39, 0.29) is 3.63 Å². The first kappa shape index (κ1) is 18.7. The third kappa shape index (κ3) is 2.02. The minimum atomic E-state index is -5.26. The molecular formula is C19H27BrO2SiZr. The summed E-state index contributed by atoms with van der Waals surface area (Å²) >= 11 is -1.54. The summed E-state index contributed by atoms with van der Waals surface area (Å²) in [5, 5.41) is 0. The van der Waals surface area contributed by atoms with Gasteiger partial charge < -0.3 is 0 Å². The van der Waals surface area contributed by atoms with Gasteiger partial charge in [0, 0.05) is 0 Å². The van der Waals surface area contributed by atoms with Crippen LogP contribution in [0.2, 0.25) is 9.26 Å². The summed E-state index contributed by atoms with van der Waals surface area (Å²) < 4.78 is 20.6. The van der Waals surface area contributed by atoms with Gasteiger partial charge in [-0.1, -0.05) is 0 Å². The molecule has 1 atom stereocenters. The van der Waals surface area contributed by atoms with Gasteiger partial charge in [-0.3, -0.25) is 0 Å². The van der Waals surface area contributed by atoms with Crippen molar-refractivity contribution in [3.8, 4) is 0 Å². The number of rotatable bonds is 4. The Hall–Kier alpha value is -0.0600. The van der Waals surface area contributed by atoms with E-state index >= 15 is 0 Å². The molecule has 0 fully saturated rings. The molecule has 2 aliphatic rings.